The van der Waals surface area contributed by atoms with E-state index < -0.39 is 0 Å². The summed E-state index contributed by atoms with van der Waals surface area (Å²) >= 11 is 0. The van der Waals surface area contributed by atoms with Crippen LogP contribution in [0.25, 0.3) is 5.69 Å². The molecule has 0 atom stereocenters. The van der Waals surface area contributed by atoms with Gasteiger partial charge in [-0.25, -0.2) is 9.37 Å². The number of anilines is 2. The fourth-order valence-electron chi connectivity index (χ4n) is 3.12. The number of halogens is 1. The van der Waals surface area contributed by atoms with Gasteiger partial charge in [0.15, 0.2) is 0 Å². The highest BCUT2D eigenvalue weighted by Crippen LogP contribution is 2.33. The van der Waals surface area contributed by atoms with E-state index in [1.54, 1.807) is 28.1 Å². The third kappa shape index (κ3) is 2.65. The lowest BCUT2D eigenvalue weighted by atomic mass is 10.1. The van der Waals surface area contributed by atoms with Gasteiger partial charge in [-0.05, 0) is 30.3 Å². The van der Waals surface area contributed by atoms with Gasteiger partial charge in [0.25, 0.3) is 5.91 Å². The van der Waals surface area contributed by atoms with E-state index in [9.17, 15) is 9.18 Å². The average molecular weight is 336 g/mol. The molecule has 1 amide bonds. The molecule has 0 radical (unpaired) electrons. The summed E-state index contributed by atoms with van der Waals surface area (Å²) in [7, 11) is 1.90. The molecule has 1 aliphatic rings. The first-order valence-electron chi connectivity index (χ1n) is 8.05. The SMILES string of the molecule is CN1CCN(C(=O)c2cncn2-c2ccccc2)c2ccc(F)cc21. The number of hydrogen-bond acceptors (Lipinski definition) is 3. The van der Waals surface area contributed by atoms with E-state index >= 15 is 0 Å². The molecule has 0 N–H and O–H groups in total. The van der Waals surface area contributed by atoms with Gasteiger partial charge in [0.1, 0.15) is 11.5 Å². The summed E-state index contributed by atoms with van der Waals surface area (Å²) in [6, 6.07) is 14.1. The Balaban J connectivity index is 1.74. The molecule has 0 unspecified atom stereocenters. The number of para-hydroxylation sites is 1. The summed E-state index contributed by atoms with van der Waals surface area (Å²) in [6.45, 7) is 1.18. The molecule has 25 heavy (non-hydrogen) atoms. The molecule has 0 aliphatic carbocycles. The van der Waals surface area contributed by atoms with Crippen LogP contribution in [-0.2, 0) is 0 Å². The van der Waals surface area contributed by atoms with E-state index in [2.05, 4.69) is 4.98 Å². The van der Waals surface area contributed by atoms with Crippen LogP contribution in [0.5, 0.6) is 0 Å². The zero-order valence-corrected chi connectivity index (χ0v) is 13.8. The first-order valence-corrected chi connectivity index (χ1v) is 8.05. The quantitative estimate of drug-likeness (QED) is 0.722. The fraction of sp³-hybridized carbons (Fsp3) is 0.158. The molecule has 126 valence electrons. The van der Waals surface area contributed by atoms with Crippen molar-refractivity contribution in [1.29, 1.82) is 0 Å². The highest BCUT2D eigenvalue weighted by atomic mass is 19.1. The molecule has 5 nitrogen and oxygen atoms in total. The number of carbonyl (C=O) groups is 1. The van der Waals surface area contributed by atoms with Crippen molar-refractivity contribution in [2.24, 2.45) is 0 Å². The Morgan fingerprint density at radius 3 is 2.68 bits per heavy atom. The molecule has 0 spiro atoms. The zero-order chi connectivity index (χ0) is 17.4. The molecule has 2 heterocycles. The van der Waals surface area contributed by atoms with Gasteiger partial charge in [0, 0.05) is 25.8 Å². The van der Waals surface area contributed by atoms with E-state index in [-0.39, 0.29) is 11.7 Å². The lowest BCUT2D eigenvalue weighted by molar-refractivity contribution is 0.0980. The van der Waals surface area contributed by atoms with Crippen LogP contribution in [0, 0.1) is 5.82 Å². The molecule has 0 saturated heterocycles. The van der Waals surface area contributed by atoms with Crippen LogP contribution in [0.3, 0.4) is 0 Å². The molecule has 1 aromatic heterocycles. The topological polar surface area (TPSA) is 41.4 Å². The first kappa shape index (κ1) is 15.4. The molecule has 2 aromatic carbocycles. The lowest BCUT2D eigenvalue weighted by Crippen LogP contribution is -2.43. The maximum absolute atomic E-state index is 13.6. The largest absolute Gasteiger partial charge is 0.371 e. The number of likely N-dealkylation sites (N-methyl/N-ethyl adjacent to an activating group) is 1. The number of amides is 1. The molecular weight excluding hydrogens is 319 g/mol. The Labute approximate surface area is 144 Å². The van der Waals surface area contributed by atoms with Gasteiger partial charge in [0.2, 0.25) is 0 Å². The van der Waals surface area contributed by atoms with Gasteiger partial charge in [-0.2, -0.15) is 0 Å². The number of rotatable bonds is 2. The number of carbonyl (C=O) groups excluding carboxylic acids is 1. The Hall–Kier alpha value is -3.15. The van der Waals surface area contributed by atoms with Crippen molar-refractivity contribution in [1.82, 2.24) is 9.55 Å². The molecule has 6 heteroatoms. The normalized spacial score (nSPS) is 13.7. The van der Waals surface area contributed by atoms with Gasteiger partial charge in [-0.1, -0.05) is 18.2 Å². The molecule has 4 rings (SSSR count). The van der Waals surface area contributed by atoms with Crippen molar-refractivity contribution >= 4 is 17.3 Å². The second kappa shape index (κ2) is 6.05. The Morgan fingerprint density at radius 2 is 1.88 bits per heavy atom. The van der Waals surface area contributed by atoms with E-state index in [1.807, 2.05) is 42.3 Å². The minimum atomic E-state index is -0.311. The number of imidazole rings is 1. The maximum atomic E-state index is 13.6. The van der Waals surface area contributed by atoms with Crippen molar-refractivity contribution in [3.63, 3.8) is 0 Å². The summed E-state index contributed by atoms with van der Waals surface area (Å²) < 4.78 is 15.4. The monoisotopic (exact) mass is 336 g/mol. The molecule has 0 saturated carbocycles. The number of hydrogen-bond donors (Lipinski definition) is 0. The van der Waals surface area contributed by atoms with Crippen LogP contribution >= 0.6 is 0 Å². The number of benzene rings is 2. The summed E-state index contributed by atoms with van der Waals surface area (Å²) in [5, 5.41) is 0. The summed E-state index contributed by atoms with van der Waals surface area (Å²) in [5.41, 5.74) is 2.77. The van der Waals surface area contributed by atoms with Gasteiger partial charge in [-0.3, -0.25) is 9.36 Å². The average Bonchev–Trinajstić information content (AvgIpc) is 3.12. The van der Waals surface area contributed by atoms with Gasteiger partial charge >= 0.3 is 0 Å². The number of nitrogens with zero attached hydrogens (tertiary/aromatic N) is 4. The molecule has 3 aromatic rings. The highest BCUT2D eigenvalue weighted by molar-refractivity contribution is 6.07. The highest BCUT2D eigenvalue weighted by Gasteiger charge is 2.28. The maximum Gasteiger partial charge on any atom is 0.277 e. The van der Waals surface area contributed by atoms with Crippen molar-refractivity contribution in [2.45, 2.75) is 0 Å². The Kier molecular flexibility index (Phi) is 3.72. The second-order valence-electron chi connectivity index (χ2n) is 6.00. The predicted molar refractivity (Wildman–Crippen MR) is 94.9 cm³/mol. The zero-order valence-electron chi connectivity index (χ0n) is 13.8. The first-order chi connectivity index (χ1) is 12.1. The molecule has 1 aliphatic heterocycles. The smallest absolute Gasteiger partial charge is 0.277 e. The van der Waals surface area contributed by atoms with Gasteiger partial charge in [-0.15, -0.1) is 0 Å². The van der Waals surface area contributed by atoms with E-state index in [0.29, 0.717) is 30.2 Å². The van der Waals surface area contributed by atoms with Crippen LogP contribution in [0.4, 0.5) is 15.8 Å². The second-order valence-corrected chi connectivity index (χ2v) is 6.00. The summed E-state index contributed by atoms with van der Waals surface area (Å²) in [6.07, 6.45) is 3.20. The standard InChI is InChI=1S/C19H17FN4O/c1-22-9-10-23(16-8-7-14(20)11-17(16)22)19(25)18-12-21-13-24(18)15-5-3-2-4-6-15/h2-8,11-13H,9-10H2,1H3. The third-order valence-corrected chi connectivity index (χ3v) is 4.44. The Bertz CT molecular complexity index is 922. The van der Waals surface area contributed by atoms with Gasteiger partial charge in [0.05, 0.1) is 23.9 Å². The van der Waals surface area contributed by atoms with E-state index in [0.717, 1.165) is 5.69 Å². The van der Waals surface area contributed by atoms with Crippen molar-refractivity contribution in [2.75, 3.05) is 29.9 Å². The fourth-order valence-corrected chi connectivity index (χ4v) is 3.12. The van der Waals surface area contributed by atoms with Crippen LogP contribution in [0.15, 0.2) is 61.1 Å². The number of aromatic nitrogens is 2. The molecule has 0 bridgehead atoms. The van der Waals surface area contributed by atoms with Crippen molar-refractivity contribution in [3.05, 3.63) is 72.6 Å². The van der Waals surface area contributed by atoms with Crippen LogP contribution in [0.1, 0.15) is 10.5 Å². The third-order valence-electron chi connectivity index (χ3n) is 4.44. The summed E-state index contributed by atoms with van der Waals surface area (Å²) in [4.78, 5) is 20.9. The van der Waals surface area contributed by atoms with Gasteiger partial charge < -0.3 is 9.80 Å². The van der Waals surface area contributed by atoms with Crippen molar-refractivity contribution in [3.8, 4) is 5.69 Å². The molecular formula is C19H17FN4O. The number of fused-ring (bicyclic) bond motifs is 1. The van der Waals surface area contributed by atoms with E-state index in [4.69, 9.17) is 0 Å². The minimum Gasteiger partial charge on any atom is -0.371 e. The van der Waals surface area contributed by atoms with Crippen LogP contribution < -0.4 is 9.80 Å². The predicted octanol–water partition coefficient (Wildman–Crippen LogP) is 3.11. The Morgan fingerprint density at radius 1 is 1.08 bits per heavy atom. The van der Waals surface area contributed by atoms with Crippen LogP contribution in [0.2, 0.25) is 0 Å². The van der Waals surface area contributed by atoms with Crippen LogP contribution in [-0.4, -0.2) is 35.6 Å². The lowest BCUT2D eigenvalue weighted by Gasteiger charge is -2.35. The summed E-state index contributed by atoms with van der Waals surface area (Å²) in [5.74, 6) is -0.462. The molecule has 0 fully saturated rings. The minimum absolute atomic E-state index is 0.151. The van der Waals surface area contributed by atoms with Crippen molar-refractivity contribution < 1.29 is 9.18 Å². The van der Waals surface area contributed by atoms with E-state index in [1.165, 1.54) is 12.1 Å².